The van der Waals surface area contributed by atoms with Crippen molar-refractivity contribution in [3.8, 4) is 0 Å². The molecule has 2 atom stereocenters. The Hall–Kier alpha value is -1.42. The number of halogens is 1. The summed E-state index contributed by atoms with van der Waals surface area (Å²) in [5.74, 6) is 0.640. The van der Waals surface area contributed by atoms with Crippen molar-refractivity contribution < 1.29 is 26.6 Å². The van der Waals surface area contributed by atoms with Gasteiger partial charge in [0.25, 0.3) is 0 Å². The zero-order chi connectivity index (χ0) is 20.5. The van der Waals surface area contributed by atoms with Crippen LogP contribution >= 0.6 is 0 Å². The number of nitrogens with zero attached hydrogens (tertiary/aromatic N) is 1. The predicted molar refractivity (Wildman–Crippen MR) is 124 cm³/mol. The SMILES string of the molecule is CC(C)C(c1ccccc1)C(O)CC[N+]1(CC=Cc2ccccc2)CCCCC1.[Br-]. The fraction of sp³-hybridized carbons (Fsp3) is 0.481. The van der Waals surface area contributed by atoms with Crippen molar-refractivity contribution in [2.75, 3.05) is 26.2 Å². The molecule has 2 unspecified atom stereocenters. The summed E-state index contributed by atoms with van der Waals surface area (Å²) in [4.78, 5) is 0. The zero-order valence-corrected chi connectivity index (χ0v) is 20.2. The van der Waals surface area contributed by atoms with E-state index in [1.165, 1.54) is 43.5 Å². The molecule has 0 bridgehead atoms. The number of benzene rings is 2. The van der Waals surface area contributed by atoms with Crippen LogP contribution in [-0.2, 0) is 0 Å². The first kappa shape index (κ1) is 24.8. The molecule has 2 aromatic rings. The van der Waals surface area contributed by atoms with E-state index in [9.17, 15) is 5.11 Å². The van der Waals surface area contributed by atoms with Crippen molar-refractivity contribution in [2.24, 2.45) is 5.92 Å². The van der Waals surface area contributed by atoms with Crippen molar-refractivity contribution >= 4 is 6.08 Å². The lowest BCUT2D eigenvalue weighted by atomic mass is 9.82. The number of hydrogen-bond donors (Lipinski definition) is 1. The molecule has 3 heteroatoms. The Balaban J connectivity index is 0.00000320. The van der Waals surface area contributed by atoms with Crippen LogP contribution in [-0.4, -0.2) is 41.9 Å². The fourth-order valence-corrected chi connectivity index (χ4v) is 4.97. The maximum atomic E-state index is 11.2. The summed E-state index contributed by atoms with van der Waals surface area (Å²) >= 11 is 0. The van der Waals surface area contributed by atoms with E-state index in [0.29, 0.717) is 5.92 Å². The molecule has 1 aliphatic heterocycles. The van der Waals surface area contributed by atoms with E-state index in [0.717, 1.165) is 24.0 Å². The van der Waals surface area contributed by atoms with Crippen LogP contribution in [0.1, 0.15) is 56.6 Å². The van der Waals surface area contributed by atoms with Gasteiger partial charge in [0.2, 0.25) is 0 Å². The van der Waals surface area contributed by atoms with Crippen LogP contribution in [0.4, 0.5) is 0 Å². The normalized spacial score (nSPS) is 18.1. The van der Waals surface area contributed by atoms with Crippen LogP contribution in [0.3, 0.4) is 0 Å². The molecule has 0 amide bonds. The molecular weight excluding hydrogens is 434 g/mol. The summed E-state index contributed by atoms with van der Waals surface area (Å²) in [7, 11) is 0. The van der Waals surface area contributed by atoms with Gasteiger partial charge in [0.15, 0.2) is 0 Å². The molecule has 0 spiro atoms. The second-order valence-corrected chi connectivity index (χ2v) is 9.11. The molecule has 1 aliphatic rings. The molecule has 30 heavy (non-hydrogen) atoms. The lowest BCUT2D eigenvalue weighted by molar-refractivity contribution is -0.927. The number of quaternary nitrogens is 1. The number of hydrogen-bond acceptors (Lipinski definition) is 1. The van der Waals surface area contributed by atoms with E-state index in [4.69, 9.17) is 0 Å². The van der Waals surface area contributed by atoms with Gasteiger partial charge in [-0.2, -0.15) is 0 Å². The molecule has 1 fully saturated rings. The smallest absolute Gasteiger partial charge is 0.0977 e. The van der Waals surface area contributed by atoms with Gasteiger partial charge in [-0.3, -0.25) is 0 Å². The van der Waals surface area contributed by atoms with E-state index in [1.807, 2.05) is 0 Å². The lowest BCUT2D eigenvalue weighted by Gasteiger charge is -2.42. The number of piperidine rings is 1. The van der Waals surface area contributed by atoms with E-state index < -0.39 is 0 Å². The molecule has 3 rings (SSSR count). The average Bonchev–Trinajstić information content (AvgIpc) is 2.74. The van der Waals surface area contributed by atoms with Gasteiger partial charge in [-0.05, 0) is 42.4 Å². The number of rotatable bonds is 9. The van der Waals surface area contributed by atoms with Crippen LogP contribution in [0.2, 0.25) is 0 Å². The van der Waals surface area contributed by atoms with E-state index in [-0.39, 0.29) is 29.0 Å². The van der Waals surface area contributed by atoms with Crippen molar-refractivity contribution in [2.45, 2.75) is 51.6 Å². The van der Waals surface area contributed by atoms with Crippen molar-refractivity contribution in [1.82, 2.24) is 0 Å². The lowest BCUT2D eigenvalue weighted by Crippen LogP contribution is -3.00. The Bertz CT molecular complexity index is 738. The highest BCUT2D eigenvalue weighted by molar-refractivity contribution is 5.48. The summed E-state index contributed by atoms with van der Waals surface area (Å²) in [6.45, 7) is 9.08. The molecular formula is C27H38BrNO. The van der Waals surface area contributed by atoms with E-state index >= 15 is 0 Å². The Morgan fingerprint density at radius 1 is 0.900 bits per heavy atom. The molecule has 0 radical (unpaired) electrons. The van der Waals surface area contributed by atoms with Crippen LogP contribution in [0.15, 0.2) is 66.7 Å². The second-order valence-electron chi connectivity index (χ2n) is 9.11. The summed E-state index contributed by atoms with van der Waals surface area (Å²) in [5.41, 5.74) is 2.54. The first-order valence-corrected chi connectivity index (χ1v) is 11.4. The highest BCUT2D eigenvalue weighted by Gasteiger charge is 2.32. The van der Waals surface area contributed by atoms with Gasteiger partial charge in [0.05, 0.1) is 32.3 Å². The predicted octanol–water partition coefficient (Wildman–Crippen LogP) is 2.90. The maximum Gasteiger partial charge on any atom is 0.0977 e. The minimum atomic E-state index is -0.285. The highest BCUT2D eigenvalue weighted by Crippen LogP contribution is 2.31. The maximum absolute atomic E-state index is 11.2. The van der Waals surface area contributed by atoms with Crippen LogP contribution in [0, 0.1) is 5.92 Å². The molecule has 1 saturated heterocycles. The quantitative estimate of drug-likeness (QED) is 0.557. The largest absolute Gasteiger partial charge is 1.00 e. The minimum absolute atomic E-state index is 0. The van der Waals surface area contributed by atoms with Crippen LogP contribution in [0.5, 0.6) is 0 Å². The summed E-state index contributed by atoms with van der Waals surface area (Å²) in [5, 5.41) is 11.2. The van der Waals surface area contributed by atoms with E-state index in [2.05, 4.69) is 86.7 Å². The van der Waals surface area contributed by atoms with Gasteiger partial charge in [-0.1, -0.05) is 80.6 Å². The molecule has 0 saturated carbocycles. The van der Waals surface area contributed by atoms with E-state index in [1.54, 1.807) is 0 Å². The highest BCUT2D eigenvalue weighted by atomic mass is 79.9. The summed E-state index contributed by atoms with van der Waals surface area (Å²) < 4.78 is 1.12. The third-order valence-corrected chi connectivity index (χ3v) is 6.58. The Morgan fingerprint density at radius 2 is 1.50 bits per heavy atom. The van der Waals surface area contributed by atoms with Crippen LogP contribution < -0.4 is 17.0 Å². The molecule has 0 aromatic heterocycles. The minimum Gasteiger partial charge on any atom is -1.00 e. The molecule has 164 valence electrons. The number of aliphatic hydroxyl groups excluding tert-OH is 1. The van der Waals surface area contributed by atoms with Gasteiger partial charge in [-0.25, -0.2) is 0 Å². The Labute approximate surface area is 194 Å². The van der Waals surface area contributed by atoms with Crippen molar-refractivity contribution in [1.29, 1.82) is 0 Å². The molecule has 1 N–H and O–H groups in total. The van der Waals surface area contributed by atoms with Gasteiger partial charge in [0.1, 0.15) is 0 Å². The fourth-order valence-electron chi connectivity index (χ4n) is 4.97. The van der Waals surface area contributed by atoms with Crippen molar-refractivity contribution in [3.05, 3.63) is 77.9 Å². The summed E-state index contributed by atoms with van der Waals surface area (Å²) in [6, 6.07) is 21.1. The first-order chi connectivity index (χ1) is 14.1. The number of aliphatic hydroxyl groups is 1. The van der Waals surface area contributed by atoms with Gasteiger partial charge in [0, 0.05) is 12.3 Å². The Kier molecular flexibility index (Phi) is 10.3. The molecule has 0 aliphatic carbocycles. The third kappa shape index (κ3) is 7.08. The topological polar surface area (TPSA) is 20.2 Å². The van der Waals surface area contributed by atoms with Crippen molar-refractivity contribution in [3.63, 3.8) is 0 Å². The average molecular weight is 473 g/mol. The third-order valence-electron chi connectivity index (χ3n) is 6.58. The monoisotopic (exact) mass is 471 g/mol. The van der Waals surface area contributed by atoms with Gasteiger partial charge < -0.3 is 26.6 Å². The zero-order valence-electron chi connectivity index (χ0n) is 18.6. The van der Waals surface area contributed by atoms with Crippen LogP contribution in [0.25, 0.3) is 6.08 Å². The molecule has 2 aromatic carbocycles. The second kappa shape index (κ2) is 12.4. The standard InChI is InChI=1S/C27H38NO.BrH/c1-23(2)27(25-16-8-4-9-17-25)26(29)18-22-28(19-10-5-11-20-28)21-12-15-24-13-6-3-7-14-24;/h3-4,6-9,12-17,23,26-27,29H,5,10-11,18-22H2,1-2H3;1H/q+1;/p-1. The Morgan fingerprint density at radius 3 is 2.10 bits per heavy atom. The first-order valence-electron chi connectivity index (χ1n) is 11.4. The van der Waals surface area contributed by atoms with Gasteiger partial charge in [-0.15, -0.1) is 0 Å². The molecule has 2 nitrogen and oxygen atoms in total. The molecule has 1 heterocycles. The van der Waals surface area contributed by atoms with Gasteiger partial charge >= 0.3 is 0 Å². The number of likely N-dealkylation sites (tertiary alicyclic amines) is 1. The summed E-state index contributed by atoms with van der Waals surface area (Å²) in [6.07, 6.45) is 9.16.